The molecule has 3 aromatic rings. The highest BCUT2D eigenvalue weighted by Crippen LogP contribution is 2.38. The molecule has 3 aliphatic rings. The second-order valence-electron chi connectivity index (χ2n) is 8.91. The molecule has 3 fully saturated rings. The maximum Gasteiger partial charge on any atom is 0.123 e. The Morgan fingerprint density at radius 2 is 1.03 bits per heavy atom. The molecule has 3 unspecified atom stereocenters. The standard InChI is InChI=1S/C28H28O6/c1-2-4-27(34-18-25-17-33-25)26(3-1)28(19-5-9-21(10-6-19)29-13-23-15-31-23)20-7-11-22(12-8-20)30-14-24-16-32-24/h1-12,23-25,28H,13-18H2. The maximum absolute atomic E-state index is 6.17. The van der Waals surface area contributed by atoms with E-state index in [4.69, 9.17) is 28.4 Å². The molecule has 176 valence electrons. The van der Waals surface area contributed by atoms with Crippen LogP contribution in [0.5, 0.6) is 17.2 Å². The number of para-hydroxylation sites is 1. The van der Waals surface area contributed by atoms with E-state index in [1.807, 2.05) is 36.4 Å². The van der Waals surface area contributed by atoms with Crippen molar-refractivity contribution in [2.45, 2.75) is 24.2 Å². The van der Waals surface area contributed by atoms with Gasteiger partial charge in [0.25, 0.3) is 0 Å². The van der Waals surface area contributed by atoms with Gasteiger partial charge in [-0.3, -0.25) is 0 Å². The summed E-state index contributed by atoms with van der Waals surface area (Å²) >= 11 is 0. The van der Waals surface area contributed by atoms with Gasteiger partial charge in [0, 0.05) is 11.5 Å². The van der Waals surface area contributed by atoms with E-state index in [0.29, 0.717) is 19.8 Å². The van der Waals surface area contributed by atoms with E-state index < -0.39 is 0 Å². The summed E-state index contributed by atoms with van der Waals surface area (Å²) < 4.78 is 33.7. The van der Waals surface area contributed by atoms with E-state index in [1.165, 1.54) is 0 Å². The third kappa shape index (κ3) is 5.53. The summed E-state index contributed by atoms with van der Waals surface area (Å²) in [5, 5.41) is 0. The Bertz CT molecular complexity index is 1030. The third-order valence-corrected chi connectivity index (χ3v) is 6.16. The first-order valence-electron chi connectivity index (χ1n) is 11.8. The van der Waals surface area contributed by atoms with E-state index in [1.54, 1.807) is 0 Å². The van der Waals surface area contributed by atoms with Crippen molar-refractivity contribution in [1.29, 1.82) is 0 Å². The highest BCUT2D eigenvalue weighted by molar-refractivity contribution is 5.50. The molecular weight excluding hydrogens is 432 g/mol. The average Bonchev–Trinajstić information content (AvgIpc) is 3.73. The minimum Gasteiger partial charge on any atom is -0.491 e. The van der Waals surface area contributed by atoms with Crippen molar-refractivity contribution in [2.75, 3.05) is 39.6 Å². The van der Waals surface area contributed by atoms with E-state index in [9.17, 15) is 0 Å². The molecule has 6 heteroatoms. The summed E-state index contributed by atoms with van der Waals surface area (Å²) in [5.74, 6) is 2.57. The molecule has 0 bridgehead atoms. The summed E-state index contributed by atoms with van der Waals surface area (Å²) in [6, 6.07) is 24.9. The molecule has 0 radical (unpaired) electrons. The molecule has 0 aromatic heterocycles. The second-order valence-corrected chi connectivity index (χ2v) is 8.91. The lowest BCUT2D eigenvalue weighted by Gasteiger charge is -2.22. The Morgan fingerprint density at radius 3 is 1.50 bits per heavy atom. The van der Waals surface area contributed by atoms with E-state index >= 15 is 0 Å². The normalized spacial score (nSPS) is 23.1. The molecule has 0 aliphatic carbocycles. The Labute approximate surface area is 199 Å². The van der Waals surface area contributed by atoms with Crippen molar-refractivity contribution in [3.63, 3.8) is 0 Å². The molecule has 34 heavy (non-hydrogen) atoms. The van der Waals surface area contributed by atoms with E-state index in [0.717, 1.165) is 53.8 Å². The summed E-state index contributed by atoms with van der Waals surface area (Å²) in [6.07, 6.45) is 0.670. The van der Waals surface area contributed by atoms with Crippen molar-refractivity contribution in [3.8, 4) is 17.2 Å². The molecule has 0 amide bonds. The van der Waals surface area contributed by atoms with Crippen LogP contribution in [0.3, 0.4) is 0 Å². The van der Waals surface area contributed by atoms with Crippen LogP contribution in [-0.4, -0.2) is 58.0 Å². The topological polar surface area (TPSA) is 65.3 Å². The molecule has 3 atom stereocenters. The van der Waals surface area contributed by atoms with Gasteiger partial charge in [-0.05, 0) is 41.5 Å². The van der Waals surface area contributed by atoms with Crippen LogP contribution < -0.4 is 14.2 Å². The molecule has 0 saturated carbocycles. The molecule has 0 spiro atoms. The van der Waals surface area contributed by atoms with Crippen LogP contribution in [0.2, 0.25) is 0 Å². The smallest absolute Gasteiger partial charge is 0.123 e. The Hall–Kier alpha value is -3.06. The SMILES string of the molecule is c1ccc(C(c2ccc(OCC3CO3)cc2)c2ccc(OCC3CO3)cc2)c(OCC2CO2)c1. The van der Waals surface area contributed by atoms with Gasteiger partial charge in [0.05, 0.1) is 19.8 Å². The summed E-state index contributed by atoms with van der Waals surface area (Å²) in [4.78, 5) is 0. The van der Waals surface area contributed by atoms with Gasteiger partial charge in [-0.2, -0.15) is 0 Å². The monoisotopic (exact) mass is 460 g/mol. The Balaban J connectivity index is 1.28. The van der Waals surface area contributed by atoms with Gasteiger partial charge < -0.3 is 28.4 Å². The lowest BCUT2D eigenvalue weighted by Crippen LogP contribution is -2.10. The predicted molar refractivity (Wildman–Crippen MR) is 126 cm³/mol. The summed E-state index contributed by atoms with van der Waals surface area (Å²) in [7, 11) is 0. The van der Waals surface area contributed by atoms with Gasteiger partial charge in [0.1, 0.15) is 55.4 Å². The first kappa shape index (κ1) is 21.5. The average molecular weight is 461 g/mol. The van der Waals surface area contributed by atoms with Gasteiger partial charge in [0.15, 0.2) is 0 Å². The zero-order chi connectivity index (χ0) is 22.7. The molecule has 0 N–H and O–H groups in total. The fraction of sp³-hybridized carbons (Fsp3) is 0.357. The van der Waals surface area contributed by atoms with E-state index in [-0.39, 0.29) is 24.2 Å². The van der Waals surface area contributed by atoms with Crippen LogP contribution in [-0.2, 0) is 14.2 Å². The first-order valence-corrected chi connectivity index (χ1v) is 11.8. The highest BCUT2D eigenvalue weighted by Gasteiger charge is 2.27. The van der Waals surface area contributed by atoms with Crippen LogP contribution >= 0.6 is 0 Å². The van der Waals surface area contributed by atoms with Crippen molar-refractivity contribution in [1.82, 2.24) is 0 Å². The van der Waals surface area contributed by atoms with Gasteiger partial charge in [-0.1, -0.05) is 42.5 Å². The predicted octanol–water partition coefficient (Wildman–Crippen LogP) is 4.20. The molecular formula is C28H28O6. The number of rotatable bonds is 12. The molecule has 3 aromatic carbocycles. The van der Waals surface area contributed by atoms with Gasteiger partial charge >= 0.3 is 0 Å². The van der Waals surface area contributed by atoms with Crippen molar-refractivity contribution < 1.29 is 28.4 Å². The zero-order valence-electron chi connectivity index (χ0n) is 18.9. The summed E-state index contributed by atoms with van der Waals surface area (Å²) in [6.45, 7) is 4.10. The molecule has 3 aliphatic heterocycles. The maximum atomic E-state index is 6.17. The number of epoxide rings is 3. The van der Waals surface area contributed by atoms with Crippen molar-refractivity contribution in [2.24, 2.45) is 0 Å². The van der Waals surface area contributed by atoms with Crippen LogP contribution in [0.15, 0.2) is 72.8 Å². The molecule has 6 nitrogen and oxygen atoms in total. The zero-order valence-corrected chi connectivity index (χ0v) is 18.9. The number of benzene rings is 3. The Kier molecular flexibility index (Phi) is 6.10. The molecule has 6 rings (SSSR count). The lowest BCUT2D eigenvalue weighted by molar-refractivity contribution is 0.260. The number of hydrogen-bond acceptors (Lipinski definition) is 6. The van der Waals surface area contributed by atoms with Gasteiger partial charge in [0.2, 0.25) is 0 Å². The number of hydrogen-bond donors (Lipinski definition) is 0. The largest absolute Gasteiger partial charge is 0.491 e. The number of ether oxygens (including phenoxy) is 6. The van der Waals surface area contributed by atoms with Crippen LogP contribution in [0.1, 0.15) is 22.6 Å². The fourth-order valence-corrected chi connectivity index (χ4v) is 3.97. The third-order valence-electron chi connectivity index (χ3n) is 6.16. The van der Waals surface area contributed by atoms with Crippen molar-refractivity contribution in [3.05, 3.63) is 89.5 Å². The highest BCUT2D eigenvalue weighted by atomic mass is 16.6. The van der Waals surface area contributed by atoms with E-state index in [2.05, 4.69) is 36.4 Å². The fourth-order valence-electron chi connectivity index (χ4n) is 3.97. The Morgan fingerprint density at radius 1 is 0.588 bits per heavy atom. The van der Waals surface area contributed by atoms with Gasteiger partial charge in [-0.25, -0.2) is 0 Å². The molecule has 3 saturated heterocycles. The summed E-state index contributed by atoms with van der Waals surface area (Å²) in [5.41, 5.74) is 3.44. The second kappa shape index (κ2) is 9.66. The van der Waals surface area contributed by atoms with Crippen LogP contribution in [0, 0.1) is 0 Å². The molecule has 3 heterocycles. The minimum absolute atomic E-state index is 0.00190. The van der Waals surface area contributed by atoms with Crippen LogP contribution in [0.25, 0.3) is 0 Å². The lowest BCUT2D eigenvalue weighted by atomic mass is 9.84. The van der Waals surface area contributed by atoms with Crippen LogP contribution in [0.4, 0.5) is 0 Å². The minimum atomic E-state index is -0.00190. The first-order chi connectivity index (χ1) is 16.8. The quantitative estimate of drug-likeness (QED) is 0.298. The van der Waals surface area contributed by atoms with Gasteiger partial charge in [-0.15, -0.1) is 0 Å². The van der Waals surface area contributed by atoms with Crippen molar-refractivity contribution >= 4 is 0 Å².